The van der Waals surface area contributed by atoms with E-state index in [-0.39, 0.29) is 5.66 Å². The van der Waals surface area contributed by atoms with Gasteiger partial charge in [-0.2, -0.15) is 0 Å². The Hall–Kier alpha value is -0.570. The Morgan fingerprint density at radius 2 is 2.00 bits per heavy atom. The molecule has 0 spiro atoms. The molecule has 1 aliphatic rings. The van der Waals surface area contributed by atoms with E-state index in [1.54, 1.807) is 0 Å². The van der Waals surface area contributed by atoms with Crippen LogP contribution in [0.4, 0.5) is 0 Å². The number of nitrogens with one attached hydrogen (secondary N) is 1. The molecule has 0 unspecified atom stereocenters. The first kappa shape index (κ1) is 6.55. The average Bonchev–Trinajstić information content (AvgIpc) is 2.16. The van der Waals surface area contributed by atoms with E-state index in [9.17, 15) is 4.79 Å². The minimum atomic E-state index is -0.373. The third-order valence-corrected chi connectivity index (χ3v) is 1.84. The maximum atomic E-state index is 9.97. The smallest absolute Gasteiger partial charge is 0.208 e. The summed E-state index contributed by atoms with van der Waals surface area (Å²) in [6.45, 7) is 0. The quantitative estimate of drug-likeness (QED) is 0.405. The lowest BCUT2D eigenvalue weighted by Gasteiger charge is -2.21. The zero-order valence-corrected chi connectivity index (χ0v) is 5.39. The number of rotatable bonds is 2. The number of hydrogen-bond acceptors (Lipinski definition) is 2. The van der Waals surface area contributed by atoms with Gasteiger partial charge in [0.1, 0.15) is 0 Å². The van der Waals surface area contributed by atoms with Gasteiger partial charge in [-0.05, 0) is 25.7 Å². The van der Waals surface area contributed by atoms with E-state index in [0.717, 1.165) is 25.7 Å². The lowest BCUT2D eigenvalue weighted by molar-refractivity contribution is -0.111. The second kappa shape index (κ2) is 2.35. The zero-order chi connectivity index (χ0) is 6.74. The van der Waals surface area contributed by atoms with Gasteiger partial charge >= 0.3 is 0 Å². The first-order chi connectivity index (χ1) is 4.27. The molecule has 0 atom stereocenters. The number of nitrogens with two attached hydrogens (primary N) is 1. The Labute approximate surface area is 54.6 Å². The van der Waals surface area contributed by atoms with E-state index in [1.165, 1.54) is 0 Å². The molecule has 3 N–H and O–H groups in total. The molecule has 1 aliphatic carbocycles. The van der Waals surface area contributed by atoms with Crippen molar-refractivity contribution in [1.82, 2.24) is 5.32 Å². The van der Waals surface area contributed by atoms with E-state index in [0.29, 0.717) is 6.41 Å². The van der Waals surface area contributed by atoms with Crippen LogP contribution in [0.5, 0.6) is 0 Å². The molecule has 0 saturated heterocycles. The monoisotopic (exact) mass is 128 g/mol. The average molecular weight is 128 g/mol. The summed E-state index contributed by atoms with van der Waals surface area (Å²) in [4.78, 5) is 9.97. The number of hydrogen-bond donors (Lipinski definition) is 2. The van der Waals surface area contributed by atoms with Crippen molar-refractivity contribution < 1.29 is 4.79 Å². The highest BCUT2D eigenvalue weighted by atomic mass is 16.1. The molecule has 0 radical (unpaired) electrons. The van der Waals surface area contributed by atoms with Crippen molar-refractivity contribution in [3.63, 3.8) is 0 Å². The minimum Gasteiger partial charge on any atom is -0.341 e. The van der Waals surface area contributed by atoms with Crippen molar-refractivity contribution in [2.24, 2.45) is 5.73 Å². The van der Waals surface area contributed by atoms with Crippen LogP contribution in [0.3, 0.4) is 0 Å². The van der Waals surface area contributed by atoms with Gasteiger partial charge in [0.25, 0.3) is 0 Å². The Morgan fingerprint density at radius 3 is 2.44 bits per heavy atom. The van der Waals surface area contributed by atoms with Crippen molar-refractivity contribution in [1.29, 1.82) is 0 Å². The molecular formula is C6H12N2O. The topological polar surface area (TPSA) is 55.1 Å². The van der Waals surface area contributed by atoms with E-state index in [2.05, 4.69) is 5.32 Å². The molecule has 1 amide bonds. The molecule has 9 heavy (non-hydrogen) atoms. The molecule has 52 valence electrons. The largest absolute Gasteiger partial charge is 0.341 e. The summed E-state index contributed by atoms with van der Waals surface area (Å²) < 4.78 is 0. The SMILES string of the molecule is NC1(NC=O)CCCC1. The van der Waals surface area contributed by atoms with Crippen molar-refractivity contribution in [2.75, 3.05) is 0 Å². The van der Waals surface area contributed by atoms with Crippen LogP contribution in [0.25, 0.3) is 0 Å². The van der Waals surface area contributed by atoms with Crippen LogP contribution in [-0.4, -0.2) is 12.1 Å². The van der Waals surface area contributed by atoms with Gasteiger partial charge in [-0.3, -0.25) is 4.79 Å². The van der Waals surface area contributed by atoms with Crippen molar-refractivity contribution in [2.45, 2.75) is 31.3 Å². The number of carbonyl (C=O) groups excluding carboxylic acids is 1. The predicted octanol–water partition coefficient (Wildman–Crippen LogP) is -0.0386. The Morgan fingerprint density at radius 1 is 1.44 bits per heavy atom. The highest BCUT2D eigenvalue weighted by molar-refractivity contribution is 5.47. The van der Waals surface area contributed by atoms with Gasteiger partial charge in [0.15, 0.2) is 0 Å². The van der Waals surface area contributed by atoms with Crippen LogP contribution in [-0.2, 0) is 4.79 Å². The van der Waals surface area contributed by atoms with Crippen LogP contribution in [0.1, 0.15) is 25.7 Å². The van der Waals surface area contributed by atoms with E-state index < -0.39 is 0 Å². The summed E-state index contributed by atoms with van der Waals surface area (Å²) in [5, 5.41) is 2.62. The van der Waals surface area contributed by atoms with Crippen molar-refractivity contribution in [3.05, 3.63) is 0 Å². The summed E-state index contributed by atoms with van der Waals surface area (Å²) in [7, 11) is 0. The fraction of sp³-hybridized carbons (Fsp3) is 0.833. The molecule has 1 rings (SSSR count). The fourth-order valence-electron chi connectivity index (χ4n) is 1.27. The van der Waals surface area contributed by atoms with Crippen LogP contribution < -0.4 is 11.1 Å². The Kier molecular flexibility index (Phi) is 1.71. The van der Waals surface area contributed by atoms with Gasteiger partial charge < -0.3 is 11.1 Å². The van der Waals surface area contributed by atoms with Gasteiger partial charge in [-0.1, -0.05) is 0 Å². The number of carbonyl (C=O) groups is 1. The Balaban J connectivity index is 2.40. The lowest BCUT2D eigenvalue weighted by atomic mass is 10.1. The maximum absolute atomic E-state index is 9.97. The highest BCUT2D eigenvalue weighted by Gasteiger charge is 2.27. The molecule has 3 heteroatoms. The molecular weight excluding hydrogens is 116 g/mol. The molecule has 0 aromatic heterocycles. The third kappa shape index (κ3) is 1.42. The van der Waals surface area contributed by atoms with Gasteiger partial charge in [-0.25, -0.2) is 0 Å². The molecule has 1 fully saturated rings. The first-order valence-electron chi connectivity index (χ1n) is 3.27. The third-order valence-electron chi connectivity index (χ3n) is 1.84. The maximum Gasteiger partial charge on any atom is 0.208 e. The summed E-state index contributed by atoms with van der Waals surface area (Å²) >= 11 is 0. The van der Waals surface area contributed by atoms with Crippen LogP contribution in [0, 0.1) is 0 Å². The van der Waals surface area contributed by atoms with E-state index >= 15 is 0 Å². The Bertz CT molecular complexity index is 108. The first-order valence-corrected chi connectivity index (χ1v) is 3.27. The van der Waals surface area contributed by atoms with Crippen LogP contribution >= 0.6 is 0 Å². The van der Waals surface area contributed by atoms with Gasteiger partial charge in [0, 0.05) is 0 Å². The van der Waals surface area contributed by atoms with Gasteiger partial charge in [0.05, 0.1) is 5.66 Å². The molecule has 0 bridgehead atoms. The standard InChI is InChI=1S/C6H12N2O/c7-6(8-5-9)3-1-2-4-6/h5H,1-4,7H2,(H,8,9). The second-order valence-electron chi connectivity index (χ2n) is 2.63. The molecule has 0 aromatic rings. The van der Waals surface area contributed by atoms with E-state index in [1.807, 2.05) is 0 Å². The van der Waals surface area contributed by atoms with Crippen molar-refractivity contribution in [3.8, 4) is 0 Å². The predicted molar refractivity (Wildman–Crippen MR) is 34.6 cm³/mol. The van der Waals surface area contributed by atoms with Gasteiger partial charge in [-0.15, -0.1) is 0 Å². The molecule has 0 aromatic carbocycles. The molecule has 0 heterocycles. The summed E-state index contributed by atoms with van der Waals surface area (Å²) in [5.41, 5.74) is 5.35. The van der Waals surface area contributed by atoms with Crippen LogP contribution in [0.15, 0.2) is 0 Å². The van der Waals surface area contributed by atoms with Crippen molar-refractivity contribution >= 4 is 6.41 Å². The molecule has 0 aliphatic heterocycles. The molecule has 3 nitrogen and oxygen atoms in total. The lowest BCUT2D eigenvalue weighted by Crippen LogP contribution is -2.50. The summed E-state index contributed by atoms with van der Waals surface area (Å²) in [5.74, 6) is 0. The highest BCUT2D eigenvalue weighted by Crippen LogP contribution is 2.23. The normalized spacial score (nSPS) is 23.7. The van der Waals surface area contributed by atoms with Crippen LogP contribution in [0.2, 0.25) is 0 Å². The van der Waals surface area contributed by atoms with Gasteiger partial charge in [0.2, 0.25) is 6.41 Å². The fourth-order valence-corrected chi connectivity index (χ4v) is 1.27. The second-order valence-corrected chi connectivity index (χ2v) is 2.63. The minimum absolute atomic E-state index is 0.373. The van der Waals surface area contributed by atoms with E-state index in [4.69, 9.17) is 5.73 Å². The molecule has 1 saturated carbocycles. The number of amides is 1. The summed E-state index contributed by atoms with van der Waals surface area (Å²) in [6.07, 6.45) is 4.80. The summed E-state index contributed by atoms with van der Waals surface area (Å²) in [6, 6.07) is 0. The zero-order valence-electron chi connectivity index (χ0n) is 5.39.